The molecule has 0 aliphatic carbocycles. The SMILES string of the molecule is COCC(Cl)CN(C)C(=O)c1ccc(OC(C)C)cc1. The first-order valence-corrected chi connectivity index (χ1v) is 7.03. The monoisotopic (exact) mass is 299 g/mol. The molecule has 1 aromatic carbocycles. The lowest BCUT2D eigenvalue weighted by atomic mass is 10.2. The van der Waals surface area contributed by atoms with Crippen molar-refractivity contribution in [2.75, 3.05) is 27.3 Å². The van der Waals surface area contributed by atoms with Gasteiger partial charge >= 0.3 is 0 Å². The van der Waals surface area contributed by atoms with E-state index < -0.39 is 0 Å². The van der Waals surface area contributed by atoms with Crippen LogP contribution in [-0.4, -0.2) is 49.6 Å². The summed E-state index contributed by atoms with van der Waals surface area (Å²) in [6.07, 6.45) is 0.116. The van der Waals surface area contributed by atoms with Crippen LogP contribution in [-0.2, 0) is 4.74 Å². The average molecular weight is 300 g/mol. The molecule has 112 valence electrons. The van der Waals surface area contributed by atoms with Crippen molar-refractivity contribution in [1.29, 1.82) is 0 Å². The summed E-state index contributed by atoms with van der Waals surface area (Å²) in [6, 6.07) is 7.12. The van der Waals surface area contributed by atoms with Gasteiger partial charge in [-0.15, -0.1) is 11.6 Å². The van der Waals surface area contributed by atoms with Crippen molar-refractivity contribution >= 4 is 17.5 Å². The summed E-state index contributed by atoms with van der Waals surface area (Å²) in [7, 11) is 3.32. The molecule has 20 heavy (non-hydrogen) atoms. The van der Waals surface area contributed by atoms with Gasteiger partial charge in [0.15, 0.2) is 0 Å². The third-order valence-electron chi connectivity index (χ3n) is 2.64. The average Bonchev–Trinajstić information content (AvgIpc) is 2.38. The number of hydrogen-bond acceptors (Lipinski definition) is 3. The predicted molar refractivity (Wildman–Crippen MR) is 80.7 cm³/mol. The first-order chi connectivity index (χ1) is 9.43. The number of halogens is 1. The van der Waals surface area contributed by atoms with Gasteiger partial charge in [-0.1, -0.05) is 0 Å². The molecule has 0 radical (unpaired) electrons. The summed E-state index contributed by atoms with van der Waals surface area (Å²) < 4.78 is 10.5. The van der Waals surface area contributed by atoms with Crippen LogP contribution in [0.5, 0.6) is 5.75 Å². The molecule has 0 aliphatic heterocycles. The molecule has 0 aromatic heterocycles. The van der Waals surface area contributed by atoms with Crippen LogP contribution in [0.25, 0.3) is 0 Å². The van der Waals surface area contributed by atoms with Crippen molar-refractivity contribution in [2.24, 2.45) is 0 Å². The molecule has 0 fully saturated rings. The standard InChI is InChI=1S/C15H22ClNO3/c1-11(2)20-14-7-5-12(6-8-14)15(18)17(3)9-13(16)10-19-4/h5-8,11,13H,9-10H2,1-4H3. The van der Waals surface area contributed by atoms with Crippen LogP contribution in [0.15, 0.2) is 24.3 Å². The highest BCUT2D eigenvalue weighted by Gasteiger charge is 2.15. The van der Waals surface area contributed by atoms with Gasteiger partial charge in [0.1, 0.15) is 5.75 Å². The molecule has 0 N–H and O–H groups in total. The van der Waals surface area contributed by atoms with E-state index in [9.17, 15) is 4.79 Å². The number of carbonyl (C=O) groups excluding carboxylic acids is 1. The third-order valence-corrected chi connectivity index (χ3v) is 2.90. The molecular weight excluding hydrogens is 278 g/mol. The molecule has 4 nitrogen and oxygen atoms in total. The molecule has 1 unspecified atom stereocenters. The Morgan fingerprint density at radius 3 is 2.40 bits per heavy atom. The molecule has 0 spiro atoms. The van der Waals surface area contributed by atoms with Gasteiger partial charge in [-0.2, -0.15) is 0 Å². The van der Waals surface area contributed by atoms with E-state index in [0.29, 0.717) is 18.7 Å². The van der Waals surface area contributed by atoms with E-state index in [1.165, 1.54) is 0 Å². The van der Waals surface area contributed by atoms with Crippen LogP contribution in [0, 0.1) is 0 Å². The Morgan fingerprint density at radius 2 is 1.90 bits per heavy atom. The minimum Gasteiger partial charge on any atom is -0.491 e. The number of amides is 1. The topological polar surface area (TPSA) is 38.8 Å². The smallest absolute Gasteiger partial charge is 0.253 e. The molecule has 0 saturated heterocycles. The van der Waals surface area contributed by atoms with Crippen molar-refractivity contribution in [2.45, 2.75) is 25.3 Å². The quantitative estimate of drug-likeness (QED) is 0.727. The summed E-state index contributed by atoms with van der Waals surface area (Å²) in [5.41, 5.74) is 0.616. The number of methoxy groups -OCH3 is 1. The second-order valence-corrected chi connectivity index (χ2v) is 5.55. The first kappa shape index (κ1) is 16.8. The minimum absolute atomic E-state index is 0.0668. The second-order valence-electron chi connectivity index (χ2n) is 4.93. The molecule has 1 atom stereocenters. The summed E-state index contributed by atoms with van der Waals surface area (Å²) in [5, 5.41) is -0.211. The minimum atomic E-state index is -0.211. The molecule has 0 bridgehead atoms. The Labute approximate surface area is 125 Å². The molecular formula is C15H22ClNO3. The van der Waals surface area contributed by atoms with Crippen molar-refractivity contribution in [3.63, 3.8) is 0 Å². The zero-order chi connectivity index (χ0) is 15.1. The Morgan fingerprint density at radius 1 is 1.30 bits per heavy atom. The van der Waals surface area contributed by atoms with Crippen LogP contribution in [0.1, 0.15) is 24.2 Å². The van der Waals surface area contributed by atoms with Gasteiger partial charge in [-0.05, 0) is 38.1 Å². The predicted octanol–water partition coefficient (Wildman–Crippen LogP) is 2.80. The van der Waals surface area contributed by atoms with E-state index in [4.69, 9.17) is 21.1 Å². The summed E-state index contributed by atoms with van der Waals surface area (Å²) in [5.74, 6) is 0.691. The van der Waals surface area contributed by atoms with Crippen molar-refractivity contribution in [1.82, 2.24) is 4.90 Å². The number of hydrogen-bond donors (Lipinski definition) is 0. The van der Waals surface area contributed by atoms with Gasteiger partial charge < -0.3 is 14.4 Å². The second kappa shape index (κ2) is 8.12. The highest BCUT2D eigenvalue weighted by molar-refractivity contribution is 6.21. The Kier molecular flexibility index (Phi) is 6.82. The molecule has 1 aromatic rings. The fraction of sp³-hybridized carbons (Fsp3) is 0.533. The van der Waals surface area contributed by atoms with Crippen LogP contribution in [0.4, 0.5) is 0 Å². The van der Waals surface area contributed by atoms with E-state index in [0.717, 1.165) is 5.75 Å². The maximum absolute atomic E-state index is 12.2. The normalized spacial score (nSPS) is 12.3. The molecule has 1 amide bonds. The molecule has 5 heteroatoms. The molecule has 0 heterocycles. The summed E-state index contributed by atoms with van der Waals surface area (Å²) in [4.78, 5) is 13.8. The van der Waals surface area contributed by atoms with Crippen molar-refractivity contribution in [3.05, 3.63) is 29.8 Å². The molecule has 0 aliphatic rings. The number of alkyl halides is 1. The van der Waals surface area contributed by atoms with Crippen LogP contribution >= 0.6 is 11.6 Å². The van der Waals surface area contributed by atoms with Gasteiger partial charge in [-0.3, -0.25) is 4.79 Å². The number of ether oxygens (including phenoxy) is 2. The fourth-order valence-corrected chi connectivity index (χ4v) is 2.12. The number of benzene rings is 1. The maximum Gasteiger partial charge on any atom is 0.253 e. The van der Waals surface area contributed by atoms with Crippen molar-refractivity contribution in [3.8, 4) is 5.75 Å². The lowest BCUT2D eigenvalue weighted by Gasteiger charge is -2.20. The van der Waals surface area contributed by atoms with Crippen LogP contribution in [0.3, 0.4) is 0 Å². The van der Waals surface area contributed by atoms with Gasteiger partial charge in [0.25, 0.3) is 5.91 Å². The highest BCUT2D eigenvalue weighted by atomic mass is 35.5. The number of nitrogens with zero attached hydrogens (tertiary/aromatic N) is 1. The van der Waals surface area contributed by atoms with E-state index in [-0.39, 0.29) is 17.4 Å². The van der Waals surface area contributed by atoms with Gasteiger partial charge in [0, 0.05) is 26.3 Å². The van der Waals surface area contributed by atoms with Gasteiger partial charge in [-0.25, -0.2) is 0 Å². The summed E-state index contributed by atoms with van der Waals surface area (Å²) >= 11 is 6.05. The lowest BCUT2D eigenvalue weighted by Crippen LogP contribution is -2.33. The van der Waals surface area contributed by atoms with E-state index >= 15 is 0 Å². The van der Waals surface area contributed by atoms with Crippen molar-refractivity contribution < 1.29 is 14.3 Å². The largest absolute Gasteiger partial charge is 0.491 e. The molecule has 0 saturated carbocycles. The fourth-order valence-electron chi connectivity index (χ4n) is 1.78. The van der Waals surface area contributed by atoms with Gasteiger partial charge in [0.05, 0.1) is 18.1 Å². The zero-order valence-corrected chi connectivity index (χ0v) is 13.2. The summed E-state index contributed by atoms with van der Waals surface area (Å²) in [6.45, 7) is 4.78. The third kappa shape index (κ3) is 5.39. The van der Waals surface area contributed by atoms with Crippen LogP contribution < -0.4 is 4.74 Å². The van der Waals surface area contributed by atoms with E-state index in [2.05, 4.69) is 0 Å². The van der Waals surface area contributed by atoms with E-state index in [1.807, 2.05) is 13.8 Å². The Bertz CT molecular complexity index is 420. The highest BCUT2D eigenvalue weighted by Crippen LogP contribution is 2.15. The number of rotatable bonds is 7. The maximum atomic E-state index is 12.2. The Hall–Kier alpha value is -1.26. The number of carbonyl (C=O) groups is 1. The van der Waals surface area contributed by atoms with Gasteiger partial charge in [0.2, 0.25) is 0 Å². The zero-order valence-electron chi connectivity index (χ0n) is 12.4. The van der Waals surface area contributed by atoms with Crippen LogP contribution in [0.2, 0.25) is 0 Å². The lowest BCUT2D eigenvalue weighted by molar-refractivity contribution is 0.0781. The Balaban J connectivity index is 2.62. The molecule has 1 rings (SSSR count). The van der Waals surface area contributed by atoms with E-state index in [1.54, 1.807) is 43.3 Å². The first-order valence-electron chi connectivity index (χ1n) is 6.59.